The van der Waals surface area contributed by atoms with E-state index in [1.165, 1.54) is 14.0 Å². The highest BCUT2D eigenvalue weighted by Crippen LogP contribution is 2.25. The smallest absolute Gasteiger partial charge is 0.328 e. The van der Waals surface area contributed by atoms with Gasteiger partial charge in [0, 0.05) is 26.6 Å². The summed E-state index contributed by atoms with van der Waals surface area (Å²) >= 11 is 0. The van der Waals surface area contributed by atoms with E-state index in [4.69, 9.17) is 4.74 Å². The van der Waals surface area contributed by atoms with Gasteiger partial charge in [-0.3, -0.25) is 9.59 Å². The summed E-state index contributed by atoms with van der Waals surface area (Å²) in [5.74, 6) is -0.523. The third-order valence-corrected chi connectivity index (χ3v) is 4.23. The number of esters is 1. The lowest BCUT2D eigenvalue weighted by atomic mass is 9.96. The summed E-state index contributed by atoms with van der Waals surface area (Å²) in [5.41, 5.74) is 0. The monoisotopic (exact) mass is 282 g/mol. The van der Waals surface area contributed by atoms with Crippen LogP contribution in [0.2, 0.25) is 0 Å². The van der Waals surface area contributed by atoms with E-state index in [-0.39, 0.29) is 23.7 Å². The maximum Gasteiger partial charge on any atom is 0.328 e. The molecule has 0 bridgehead atoms. The Labute approximate surface area is 119 Å². The number of likely N-dealkylation sites (tertiary alicyclic amines) is 2. The Morgan fingerprint density at radius 3 is 2.45 bits per heavy atom. The van der Waals surface area contributed by atoms with Gasteiger partial charge in [-0.05, 0) is 25.7 Å². The topological polar surface area (TPSA) is 66.9 Å². The molecule has 0 aliphatic carbocycles. The van der Waals surface area contributed by atoms with Crippen molar-refractivity contribution in [1.82, 2.24) is 9.80 Å². The Balaban J connectivity index is 2.02. The molecule has 2 saturated heterocycles. The fourth-order valence-electron chi connectivity index (χ4n) is 3.11. The number of carbonyl (C=O) groups is 3. The van der Waals surface area contributed by atoms with Crippen LogP contribution in [-0.4, -0.2) is 60.4 Å². The number of carbonyl (C=O) groups excluding carboxylic acids is 3. The van der Waals surface area contributed by atoms with E-state index in [0.29, 0.717) is 19.5 Å². The summed E-state index contributed by atoms with van der Waals surface area (Å²) in [5, 5.41) is 0. The first kappa shape index (κ1) is 14.8. The molecule has 2 rings (SSSR count). The number of nitrogens with zero attached hydrogens (tertiary/aromatic N) is 2. The van der Waals surface area contributed by atoms with Gasteiger partial charge in [0.1, 0.15) is 6.04 Å². The van der Waals surface area contributed by atoms with Crippen molar-refractivity contribution in [3.05, 3.63) is 0 Å². The Morgan fingerprint density at radius 2 is 1.80 bits per heavy atom. The van der Waals surface area contributed by atoms with Gasteiger partial charge in [0.15, 0.2) is 0 Å². The maximum absolute atomic E-state index is 12.6. The molecule has 2 aliphatic heterocycles. The molecule has 0 saturated carbocycles. The Morgan fingerprint density at radius 1 is 1.10 bits per heavy atom. The van der Waals surface area contributed by atoms with Gasteiger partial charge >= 0.3 is 5.97 Å². The molecule has 20 heavy (non-hydrogen) atoms. The molecule has 2 amide bonds. The number of ether oxygens (including phenoxy) is 1. The van der Waals surface area contributed by atoms with Crippen molar-refractivity contribution in [2.75, 3.05) is 26.7 Å². The molecule has 2 unspecified atom stereocenters. The lowest BCUT2D eigenvalue weighted by Gasteiger charge is -2.34. The summed E-state index contributed by atoms with van der Waals surface area (Å²) in [6.07, 6.45) is 3.12. The first-order valence-corrected chi connectivity index (χ1v) is 7.18. The second-order valence-electron chi connectivity index (χ2n) is 5.52. The quantitative estimate of drug-likeness (QED) is 0.688. The van der Waals surface area contributed by atoms with E-state index in [9.17, 15) is 14.4 Å². The molecule has 0 aromatic rings. The van der Waals surface area contributed by atoms with Crippen molar-refractivity contribution in [2.45, 2.75) is 38.6 Å². The molecule has 2 aliphatic rings. The third-order valence-electron chi connectivity index (χ3n) is 4.23. The van der Waals surface area contributed by atoms with Gasteiger partial charge < -0.3 is 14.5 Å². The fourth-order valence-corrected chi connectivity index (χ4v) is 3.11. The van der Waals surface area contributed by atoms with Gasteiger partial charge in [-0.1, -0.05) is 0 Å². The number of methoxy groups -OCH3 is 1. The summed E-state index contributed by atoms with van der Waals surface area (Å²) in [7, 11) is 1.35. The summed E-state index contributed by atoms with van der Waals surface area (Å²) in [6.45, 7) is 3.33. The fraction of sp³-hybridized carbons (Fsp3) is 0.786. The average molecular weight is 282 g/mol. The lowest BCUT2D eigenvalue weighted by Crippen LogP contribution is -2.49. The average Bonchev–Trinajstić information content (AvgIpc) is 2.95. The maximum atomic E-state index is 12.6. The largest absolute Gasteiger partial charge is 0.467 e. The second-order valence-corrected chi connectivity index (χ2v) is 5.52. The van der Waals surface area contributed by atoms with Gasteiger partial charge in [-0.15, -0.1) is 0 Å². The van der Waals surface area contributed by atoms with Crippen LogP contribution >= 0.6 is 0 Å². The lowest BCUT2D eigenvalue weighted by molar-refractivity contribution is -0.153. The van der Waals surface area contributed by atoms with E-state index in [1.807, 2.05) is 0 Å². The van der Waals surface area contributed by atoms with Crippen LogP contribution in [-0.2, 0) is 19.1 Å². The molecule has 112 valence electrons. The highest BCUT2D eigenvalue weighted by Gasteiger charge is 2.39. The van der Waals surface area contributed by atoms with Gasteiger partial charge in [0.05, 0.1) is 13.0 Å². The Bertz CT molecular complexity index is 410. The molecular weight excluding hydrogens is 260 g/mol. The van der Waals surface area contributed by atoms with Crippen LogP contribution in [0.1, 0.15) is 32.6 Å². The van der Waals surface area contributed by atoms with Crippen LogP contribution < -0.4 is 0 Å². The highest BCUT2D eigenvalue weighted by atomic mass is 16.5. The van der Waals surface area contributed by atoms with Crippen molar-refractivity contribution >= 4 is 17.8 Å². The molecule has 2 heterocycles. The highest BCUT2D eigenvalue weighted by molar-refractivity contribution is 5.87. The summed E-state index contributed by atoms with van der Waals surface area (Å²) in [6, 6.07) is -0.444. The third kappa shape index (κ3) is 2.94. The molecule has 6 heteroatoms. The molecule has 0 aromatic heterocycles. The minimum absolute atomic E-state index is 0.00781. The first-order chi connectivity index (χ1) is 9.54. The molecular formula is C14H22N2O4. The van der Waals surface area contributed by atoms with Crippen molar-refractivity contribution in [3.8, 4) is 0 Å². The number of amides is 2. The zero-order valence-electron chi connectivity index (χ0n) is 12.1. The van der Waals surface area contributed by atoms with Crippen LogP contribution in [0.3, 0.4) is 0 Å². The van der Waals surface area contributed by atoms with Gasteiger partial charge in [0.25, 0.3) is 0 Å². The molecule has 0 N–H and O–H groups in total. The van der Waals surface area contributed by atoms with Gasteiger partial charge in [-0.25, -0.2) is 4.79 Å². The van der Waals surface area contributed by atoms with Crippen LogP contribution in [0.5, 0.6) is 0 Å². The van der Waals surface area contributed by atoms with Crippen molar-refractivity contribution in [2.24, 2.45) is 5.92 Å². The summed E-state index contributed by atoms with van der Waals surface area (Å²) in [4.78, 5) is 39.1. The van der Waals surface area contributed by atoms with E-state index in [2.05, 4.69) is 0 Å². The molecule has 6 nitrogen and oxygen atoms in total. The zero-order chi connectivity index (χ0) is 14.7. The standard InChI is InChI=1S/C14H22N2O4/c1-10(17)15-7-3-5-11(9-15)13(18)16-8-4-6-12(16)14(19)20-2/h11-12H,3-9H2,1-2H3. The van der Waals surface area contributed by atoms with E-state index in [0.717, 1.165) is 25.8 Å². The van der Waals surface area contributed by atoms with E-state index >= 15 is 0 Å². The van der Waals surface area contributed by atoms with E-state index < -0.39 is 6.04 Å². The minimum atomic E-state index is -0.444. The van der Waals surface area contributed by atoms with Crippen molar-refractivity contribution < 1.29 is 19.1 Å². The predicted octanol–water partition coefficient (Wildman–Crippen LogP) is 0.409. The molecule has 0 spiro atoms. The predicted molar refractivity (Wildman–Crippen MR) is 71.7 cm³/mol. The Hall–Kier alpha value is -1.59. The van der Waals surface area contributed by atoms with Crippen LogP contribution in [0.15, 0.2) is 0 Å². The second kappa shape index (κ2) is 6.24. The number of hydrogen-bond acceptors (Lipinski definition) is 4. The molecule has 0 aromatic carbocycles. The molecule has 2 fully saturated rings. The van der Waals surface area contributed by atoms with Crippen molar-refractivity contribution in [1.29, 1.82) is 0 Å². The van der Waals surface area contributed by atoms with Crippen LogP contribution in [0.4, 0.5) is 0 Å². The number of piperidine rings is 1. The van der Waals surface area contributed by atoms with Crippen molar-refractivity contribution in [3.63, 3.8) is 0 Å². The molecule has 2 atom stereocenters. The SMILES string of the molecule is COC(=O)C1CCCN1C(=O)C1CCCN(C(C)=O)C1. The molecule has 0 radical (unpaired) electrons. The van der Waals surface area contributed by atoms with Gasteiger partial charge in [0.2, 0.25) is 11.8 Å². The van der Waals surface area contributed by atoms with E-state index in [1.54, 1.807) is 9.80 Å². The van der Waals surface area contributed by atoms with Crippen LogP contribution in [0.25, 0.3) is 0 Å². The zero-order valence-corrected chi connectivity index (χ0v) is 12.1. The number of rotatable bonds is 2. The summed E-state index contributed by atoms with van der Waals surface area (Å²) < 4.78 is 4.76. The van der Waals surface area contributed by atoms with Crippen LogP contribution in [0, 0.1) is 5.92 Å². The number of hydrogen-bond donors (Lipinski definition) is 0. The van der Waals surface area contributed by atoms with Gasteiger partial charge in [-0.2, -0.15) is 0 Å². The Kier molecular flexibility index (Phi) is 4.62. The first-order valence-electron chi connectivity index (χ1n) is 7.18. The normalized spacial score (nSPS) is 26.5. The minimum Gasteiger partial charge on any atom is -0.467 e.